The molecule has 1 aromatic carbocycles. The van der Waals surface area contributed by atoms with Gasteiger partial charge in [0.25, 0.3) is 0 Å². The number of carbonyl (C=O) groups is 2. The maximum Gasteiger partial charge on any atom is 0.324 e. The minimum Gasteiger partial charge on any atom is -0.480 e. The average Bonchev–Trinajstić information content (AvgIpc) is 2.74. The van der Waals surface area contributed by atoms with Gasteiger partial charge in [-0.2, -0.15) is 0 Å². The minimum atomic E-state index is -2.45. The van der Waals surface area contributed by atoms with Gasteiger partial charge in [-0.15, -0.1) is 6.42 Å². The predicted octanol–water partition coefficient (Wildman–Crippen LogP) is 1.85. The molecule has 0 saturated carbocycles. The number of rotatable bonds is 6. The van der Waals surface area contributed by atoms with E-state index in [0.717, 1.165) is 0 Å². The van der Waals surface area contributed by atoms with Crippen molar-refractivity contribution in [1.29, 1.82) is 5.53 Å². The van der Waals surface area contributed by atoms with Crippen LogP contribution in [0.2, 0.25) is 0 Å². The number of aliphatic carboxylic acids is 1. The van der Waals surface area contributed by atoms with Gasteiger partial charge in [0.05, 0.1) is 25.3 Å². The molecule has 0 radical (unpaired) electrons. The summed E-state index contributed by atoms with van der Waals surface area (Å²) in [6, 6.07) is 0. The first-order valence-electron chi connectivity index (χ1n) is 8.28. The first-order valence-corrected chi connectivity index (χ1v) is 8.28. The van der Waals surface area contributed by atoms with Crippen LogP contribution in [0.1, 0.15) is 18.9 Å². The van der Waals surface area contributed by atoms with Crippen LogP contribution in [0.15, 0.2) is 5.11 Å². The number of carbonyl (C=O) groups excluding carboxylic acids is 1. The highest BCUT2D eigenvalue weighted by Gasteiger charge is 2.56. The Labute approximate surface area is 166 Å². The summed E-state index contributed by atoms with van der Waals surface area (Å²) >= 11 is 0. The number of hydrogen-bond acceptors (Lipinski definition) is 6. The zero-order valence-corrected chi connectivity index (χ0v) is 15.4. The second-order valence-corrected chi connectivity index (χ2v) is 6.14. The second-order valence-electron chi connectivity index (χ2n) is 6.14. The highest BCUT2D eigenvalue weighted by molar-refractivity contribution is 6.02. The summed E-state index contributed by atoms with van der Waals surface area (Å²) in [5, 5.41) is 14.3. The number of amides is 1. The first kappa shape index (κ1) is 23.0. The lowest BCUT2D eigenvalue weighted by Gasteiger charge is -2.43. The van der Waals surface area contributed by atoms with Crippen molar-refractivity contribution in [1.82, 2.24) is 10.2 Å². The van der Waals surface area contributed by atoms with Crippen LogP contribution in [-0.2, 0) is 24.8 Å². The summed E-state index contributed by atoms with van der Waals surface area (Å²) < 4.78 is 68.0. The van der Waals surface area contributed by atoms with Gasteiger partial charge in [-0.25, -0.2) is 17.6 Å². The highest BCUT2D eigenvalue weighted by Crippen LogP contribution is 2.44. The Morgan fingerprint density at radius 1 is 1.23 bits per heavy atom. The summed E-state index contributed by atoms with van der Waals surface area (Å²) in [6.07, 6.45) is 4.59. The van der Waals surface area contributed by atoms with Gasteiger partial charge < -0.3 is 19.9 Å². The van der Waals surface area contributed by atoms with E-state index in [4.69, 9.17) is 21.4 Å². The van der Waals surface area contributed by atoms with Crippen LogP contribution in [0.5, 0.6) is 0 Å². The molecular weight excluding hydrogens is 416 g/mol. The van der Waals surface area contributed by atoms with Crippen molar-refractivity contribution in [2.45, 2.75) is 19.1 Å². The number of halogens is 4. The summed E-state index contributed by atoms with van der Waals surface area (Å²) in [7, 11) is 0. The van der Waals surface area contributed by atoms with Crippen molar-refractivity contribution in [2.24, 2.45) is 10.5 Å². The standard InChI is InChI=1S/C17H14F4N4O5/c1-3-5-23-14(26)16(15(27)28)6-29-17(4-2,30-7-16)8-9(18)11(20)13(24-25-22)12(21)10(8)19/h1,22H,4-7H2,2H3,(H-,23,26,27,28)/p+1. The molecule has 2 rings (SSSR count). The normalized spacial score (nSPS) is 23.2. The number of benzene rings is 1. The van der Waals surface area contributed by atoms with E-state index < -0.39 is 77.2 Å². The number of carboxylic acid groups (broad SMARTS) is 1. The Kier molecular flexibility index (Phi) is 6.57. The van der Waals surface area contributed by atoms with Crippen molar-refractivity contribution in [3.05, 3.63) is 28.8 Å². The highest BCUT2D eigenvalue weighted by atomic mass is 19.2. The fourth-order valence-corrected chi connectivity index (χ4v) is 2.83. The van der Waals surface area contributed by atoms with Crippen molar-refractivity contribution < 1.29 is 41.7 Å². The van der Waals surface area contributed by atoms with Crippen LogP contribution >= 0.6 is 0 Å². The third-order valence-corrected chi connectivity index (χ3v) is 4.54. The first-order chi connectivity index (χ1) is 14.1. The van der Waals surface area contributed by atoms with E-state index in [0.29, 0.717) is 0 Å². The number of nitrogens with one attached hydrogen (secondary N) is 2. The van der Waals surface area contributed by atoms with Crippen molar-refractivity contribution in [3.8, 4) is 12.3 Å². The Balaban J connectivity index is 2.54. The van der Waals surface area contributed by atoms with E-state index in [1.54, 1.807) is 0 Å². The Bertz CT molecular complexity index is 950. The van der Waals surface area contributed by atoms with Crippen LogP contribution in [0, 0.1) is 46.6 Å². The Morgan fingerprint density at radius 3 is 2.17 bits per heavy atom. The minimum absolute atomic E-state index is 0.307. The SMILES string of the molecule is C#CCNC(=O)C1(C(=O)O)COC(CC)(c2c(F)c(F)c(N=[N+]=N)c(F)c2F)OC1. The molecule has 0 aliphatic carbocycles. The topological polar surface area (TPSA) is 135 Å². The van der Waals surface area contributed by atoms with Gasteiger partial charge in [0.15, 0.2) is 33.8 Å². The summed E-state index contributed by atoms with van der Waals surface area (Å²) in [4.78, 5) is 26.3. The lowest BCUT2D eigenvalue weighted by atomic mass is 9.86. The van der Waals surface area contributed by atoms with Crippen LogP contribution in [0.4, 0.5) is 23.2 Å². The molecule has 0 unspecified atom stereocenters. The summed E-state index contributed by atoms with van der Waals surface area (Å²) in [5.41, 5.74) is 1.39. The Morgan fingerprint density at radius 2 is 1.77 bits per heavy atom. The third-order valence-electron chi connectivity index (χ3n) is 4.54. The van der Waals surface area contributed by atoms with Crippen LogP contribution < -0.4 is 10.2 Å². The zero-order valence-electron chi connectivity index (χ0n) is 15.4. The summed E-state index contributed by atoms with van der Waals surface area (Å²) in [5.74, 6) is -10.9. The zero-order chi connectivity index (χ0) is 22.7. The summed E-state index contributed by atoms with van der Waals surface area (Å²) in [6.45, 7) is -0.900. The molecule has 1 aliphatic rings. The number of ether oxygens (including phenoxy) is 2. The maximum absolute atomic E-state index is 14.6. The number of nitrogens with zero attached hydrogens (tertiary/aromatic N) is 2. The van der Waals surface area contributed by atoms with E-state index in [1.807, 2.05) is 0 Å². The molecule has 0 atom stereocenters. The molecule has 1 aromatic rings. The van der Waals surface area contributed by atoms with E-state index in [-0.39, 0.29) is 6.54 Å². The lowest BCUT2D eigenvalue weighted by molar-refractivity contribution is -0.308. The molecule has 13 heteroatoms. The Hall–Kier alpha value is -3.33. The number of carboxylic acids is 1. The van der Waals surface area contributed by atoms with E-state index in [1.165, 1.54) is 6.92 Å². The van der Waals surface area contributed by atoms with Gasteiger partial charge in [-0.1, -0.05) is 12.8 Å². The molecule has 160 valence electrons. The lowest BCUT2D eigenvalue weighted by Crippen LogP contribution is -2.59. The fourth-order valence-electron chi connectivity index (χ4n) is 2.83. The van der Waals surface area contributed by atoms with Crippen LogP contribution in [0.3, 0.4) is 0 Å². The van der Waals surface area contributed by atoms with Gasteiger partial charge in [-0.3, -0.25) is 9.59 Å². The van der Waals surface area contributed by atoms with Gasteiger partial charge in [0, 0.05) is 6.42 Å². The monoisotopic (exact) mass is 431 g/mol. The average molecular weight is 431 g/mol. The molecule has 0 spiro atoms. The molecule has 9 nitrogen and oxygen atoms in total. The fraction of sp³-hybridized carbons (Fsp3) is 0.412. The van der Waals surface area contributed by atoms with Crippen LogP contribution in [0.25, 0.3) is 0 Å². The quantitative estimate of drug-likeness (QED) is 0.158. The molecule has 1 amide bonds. The molecule has 1 saturated heterocycles. The van der Waals surface area contributed by atoms with Crippen LogP contribution in [-0.4, -0.2) is 36.7 Å². The number of terminal acetylenes is 1. The molecule has 0 bridgehead atoms. The largest absolute Gasteiger partial charge is 0.480 e. The van der Waals surface area contributed by atoms with E-state index in [9.17, 15) is 32.3 Å². The molecule has 1 heterocycles. The third kappa shape index (κ3) is 3.52. The molecule has 0 aromatic heterocycles. The molecule has 1 fully saturated rings. The number of hydrogen-bond donors (Lipinski definition) is 3. The molecule has 3 N–H and O–H groups in total. The molecular formula is C17H15F4N4O5+. The van der Waals surface area contributed by atoms with E-state index in [2.05, 4.69) is 21.3 Å². The van der Waals surface area contributed by atoms with Gasteiger partial charge >= 0.3 is 5.97 Å². The molecule has 1 aliphatic heterocycles. The predicted molar refractivity (Wildman–Crippen MR) is 89.0 cm³/mol. The van der Waals surface area contributed by atoms with Gasteiger partial charge in [0.1, 0.15) is 5.53 Å². The van der Waals surface area contributed by atoms with Crippen molar-refractivity contribution >= 4 is 17.6 Å². The second kappa shape index (κ2) is 8.58. The van der Waals surface area contributed by atoms with Crippen molar-refractivity contribution in [3.63, 3.8) is 0 Å². The molecule has 30 heavy (non-hydrogen) atoms. The van der Waals surface area contributed by atoms with Crippen molar-refractivity contribution in [2.75, 3.05) is 19.8 Å². The van der Waals surface area contributed by atoms with Gasteiger partial charge in [-0.05, 0) is 0 Å². The van der Waals surface area contributed by atoms with E-state index >= 15 is 0 Å². The maximum atomic E-state index is 14.6. The van der Waals surface area contributed by atoms with Gasteiger partial charge in [0.2, 0.25) is 22.3 Å². The smallest absolute Gasteiger partial charge is 0.324 e.